The molecule has 3 aliphatic rings. The van der Waals surface area contributed by atoms with E-state index < -0.39 is 5.41 Å². The van der Waals surface area contributed by atoms with Crippen molar-refractivity contribution in [3.8, 4) is 33.4 Å². The lowest BCUT2D eigenvalue weighted by Gasteiger charge is -2.35. The van der Waals surface area contributed by atoms with Crippen LogP contribution in [0, 0.1) is 0 Å². The summed E-state index contributed by atoms with van der Waals surface area (Å²) in [5.74, 6) is 0. The number of nitrogens with zero attached hydrogens (tertiary/aromatic N) is 1. The van der Waals surface area contributed by atoms with Crippen LogP contribution in [0.1, 0.15) is 98.5 Å². The number of benzene rings is 9. The standard InChI is InChI=1S/C65H53NO/c1-62(2,3)41-31-36-58-50(38-41)49-34-35-55-60(61(49)67-58)59-54(64(55,6)7)29-18-30-57(59)66(44-32-33-48-45-23-11-14-26-51(45)63(4,5)56(48)39-44)43-22-17-21-42(37-43)65(40-19-9-8-10-20-40)52-27-15-12-24-46(52)47-25-13-16-28-53(47)65/h8-39H,1-7H3. The minimum absolute atomic E-state index is 0.0127. The molecule has 0 saturated heterocycles. The Kier molecular flexibility index (Phi) is 8.23. The fourth-order valence-electron chi connectivity index (χ4n) is 12.6. The second kappa shape index (κ2) is 13.8. The molecule has 10 aromatic rings. The van der Waals surface area contributed by atoms with Gasteiger partial charge in [-0.15, -0.1) is 0 Å². The zero-order valence-electron chi connectivity index (χ0n) is 39.3. The van der Waals surface area contributed by atoms with Crippen LogP contribution in [0.4, 0.5) is 17.1 Å². The van der Waals surface area contributed by atoms with Crippen LogP contribution in [0.2, 0.25) is 0 Å². The van der Waals surface area contributed by atoms with Crippen molar-refractivity contribution >= 4 is 39.0 Å². The molecule has 0 radical (unpaired) electrons. The van der Waals surface area contributed by atoms with Crippen molar-refractivity contribution in [2.45, 2.75) is 70.1 Å². The fourth-order valence-corrected chi connectivity index (χ4v) is 12.6. The van der Waals surface area contributed by atoms with Crippen LogP contribution in [0.25, 0.3) is 55.3 Å². The van der Waals surface area contributed by atoms with Gasteiger partial charge in [0, 0.05) is 44.1 Å². The third kappa shape index (κ3) is 5.39. The van der Waals surface area contributed by atoms with Crippen molar-refractivity contribution in [1.82, 2.24) is 0 Å². The number of anilines is 3. The number of fused-ring (bicyclic) bond motifs is 13. The number of rotatable bonds is 5. The van der Waals surface area contributed by atoms with Gasteiger partial charge in [-0.3, -0.25) is 0 Å². The Bertz CT molecular complexity index is 3640. The van der Waals surface area contributed by atoms with Gasteiger partial charge in [0.1, 0.15) is 11.2 Å². The highest BCUT2D eigenvalue weighted by atomic mass is 16.3. The first kappa shape index (κ1) is 39.9. The van der Waals surface area contributed by atoms with Gasteiger partial charge >= 0.3 is 0 Å². The Hall–Kier alpha value is -7.42. The summed E-state index contributed by atoms with van der Waals surface area (Å²) in [5, 5.41) is 2.33. The third-order valence-corrected chi connectivity index (χ3v) is 15.9. The van der Waals surface area contributed by atoms with E-state index in [0.29, 0.717) is 0 Å². The van der Waals surface area contributed by atoms with Crippen molar-refractivity contribution in [3.05, 3.63) is 244 Å². The molecule has 9 aromatic carbocycles. The second-order valence-corrected chi connectivity index (χ2v) is 21.2. The minimum Gasteiger partial charge on any atom is -0.455 e. The van der Waals surface area contributed by atoms with Crippen molar-refractivity contribution in [2.24, 2.45) is 0 Å². The van der Waals surface area contributed by atoms with Gasteiger partial charge in [-0.25, -0.2) is 0 Å². The average molecular weight is 864 g/mol. The summed E-state index contributed by atoms with van der Waals surface area (Å²) >= 11 is 0. The normalized spacial score (nSPS) is 15.4. The lowest BCUT2D eigenvalue weighted by atomic mass is 9.67. The van der Waals surface area contributed by atoms with E-state index in [1.165, 1.54) is 88.8 Å². The van der Waals surface area contributed by atoms with Crippen LogP contribution >= 0.6 is 0 Å². The average Bonchev–Trinajstić information content (AvgIpc) is 4.01. The second-order valence-electron chi connectivity index (χ2n) is 21.2. The van der Waals surface area contributed by atoms with Crippen molar-refractivity contribution < 1.29 is 4.42 Å². The van der Waals surface area contributed by atoms with Gasteiger partial charge in [0.15, 0.2) is 0 Å². The van der Waals surface area contributed by atoms with E-state index in [1.54, 1.807) is 0 Å². The van der Waals surface area contributed by atoms with Gasteiger partial charge in [-0.05, 0) is 120 Å². The molecule has 67 heavy (non-hydrogen) atoms. The monoisotopic (exact) mass is 863 g/mol. The number of hydrogen-bond donors (Lipinski definition) is 0. The molecule has 0 atom stereocenters. The lowest BCUT2D eigenvalue weighted by molar-refractivity contribution is 0.590. The minimum atomic E-state index is -0.544. The number of hydrogen-bond acceptors (Lipinski definition) is 2. The van der Waals surface area contributed by atoms with Crippen LogP contribution in [-0.2, 0) is 21.7 Å². The largest absolute Gasteiger partial charge is 0.455 e. The SMILES string of the molecule is CC(C)(C)c1ccc2oc3c4c(ccc3c2c1)C(C)(C)c1cccc(N(c2cccc(C3(c5ccccc5)c5ccccc5-c5ccccc53)c2)c2ccc3c(c2)C(C)(C)c2ccccc2-3)c1-4. The molecule has 0 amide bonds. The molecular formula is C65H53NO. The summed E-state index contributed by atoms with van der Waals surface area (Å²) in [6.07, 6.45) is 0. The summed E-state index contributed by atoms with van der Waals surface area (Å²) in [6.45, 7) is 16.4. The predicted molar refractivity (Wildman–Crippen MR) is 280 cm³/mol. The van der Waals surface area contributed by atoms with E-state index in [-0.39, 0.29) is 16.2 Å². The highest BCUT2D eigenvalue weighted by molar-refractivity contribution is 6.14. The van der Waals surface area contributed by atoms with Crippen LogP contribution in [-0.4, -0.2) is 0 Å². The molecule has 0 N–H and O–H groups in total. The summed E-state index contributed by atoms with van der Waals surface area (Å²) < 4.78 is 7.08. The predicted octanol–water partition coefficient (Wildman–Crippen LogP) is 17.3. The summed E-state index contributed by atoms with van der Waals surface area (Å²) in [5.41, 5.74) is 23.6. The summed E-state index contributed by atoms with van der Waals surface area (Å²) in [7, 11) is 0. The molecule has 0 spiro atoms. The van der Waals surface area contributed by atoms with Crippen LogP contribution in [0.3, 0.4) is 0 Å². The van der Waals surface area contributed by atoms with Gasteiger partial charge in [-0.2, -0.15) is 0 Å². The van der Waals surface area contributed by atoms with Crippen LogP contribution < -0.4 is 4.90 Å². The Morgan fingerprint density at radius 2 is 0.970 bits per heavy atom. The van der Waals surface area contributed by atoms with Crippen LogP contribution in [0.15, 0.2) is 199 Å². The molecule has 13 rings (SSSR count). The molecule has 1 aromatic heterocycles. The highest BCUT2D eigenvalue weighted by Crippen LogP contribution is 2.60. The molecule has 0 saturated carbocycles. The molecule has 2 heteroatoms. The quantitative estimate of drug-likeness (QED) is 0.171. The van der Waals surface area contributed by atoms with Gasteiger partial charge in [0.25, 0.3) is 0 Å². The van der Waals surface area contributed by atoms with Gasteiger partial charge < -0.3 is 9.32 Å². The molecule has 2 nitrogen and oxygen atoms in total. The molecule has 0 bridgehead atoms. The molecule has 324 valence electrons. The smallest absolute Gasteiger partial charge is 0.143 e. The van der Waals surface area contributed by atoms with E-state index in [4.69, 9.17) is 4.42 Å². The molecule has 3 aliphatic carbocycles. The first-order chi connectivity index (χ1) is 32.4. The Labute approximate surface area is 394 Å². The first-order valence-corrected chi connectivity index (χ1v) is 23.9. The first-order valence-electron chi connectivity index (χ1n) is 23.9. The fraction of sp³-hybridized carbons (Fsp3) is 0.169. The summed E-state index contributed by atoms with van der Waals surface area (Å²) in [4.78, 5) is 2.55. The molecule has 0 aliphatic heterocycles. The third-order valence-electron chi connectivity index (χ3n) is 15.9. The van der Waals surface area contributed by atoms with E-state index in [9.17, 15) is 0 Å². The van der Waals surface area contributed by atoms with Gasteiger partial charge in [-0.1, -0.05) is 200 Å². The Balaban J connectivity index is 1.10. The van der Waals surface area contributed by atoms with Gasteiger partial charge in [0.2, 0.25) is 0 Å². The maximum atomic E-state index is 7.08. The zero-order chi connectivity index (χ0) is 45.6. The molecular weight excluding hydrogens is 811 g/mol. The number of furan rings is 1. The van der Waals surface area contributed by atoms with Gasteiger partial charge in [0.05, 0.1) is 11.1 Å². The lowest BCUT2D eigenvalue weighted by Crippen LogP contribution is -2.28. The maximum Gasteiger partial charge on any atom is 0.143 e. The van der Waals surface area contributed by atoms with E-state index >= 15 is 0 Å². The maximum absolute atomic E-state index is 7.08. The Morgan fingerprint density at radius 3 is 1.69 bits per heavy atom. The van der Waals surface area contributed by atoms with E-state index in [2.05, 4.69) is 247 Å². The zero-order valence-corrected chi connectivity index (χ0v) is 39.3. The summed E-state index contributed by atoms with van der Waals surface area (Å²) in [6, 6.07) is 73.2. The molecule has 1 heterocycles. The van der Waals surface area contributed by atoms with Crippen molar-refractivity contribution in [1.29, 1.82) is 0 Å². The topological polar surface area (TPSA) is 16.4 Å². The van der Waals surface area contributed by atoms with Crippen molar-refractivity contribution in [3.63, 3.8) is 0 Å². The Morgan fingerprint density at radius 1 is 0.403 bits per heavy atom. The van der Waals surface area contributed by atoms with Crippen molar-refractivity contribution in [2.75, 3.05) is 4.90 Å². The highest BCUT2D eigenvalue weighted by Gasteiger charge is 2.47. The van der Waals surface area contributed by atoms with E-state index in [1.807, 2.05) is 0 Å². The van der Waals surface area contributed by atoms with E-state index in [0.717, 1.165) is 33.6 Å². The molecule has 0 unspecified atom stereocenters. The molecule has 0 fully saturated rings. The van der Waals surface area contributed by atoms with Crippen LogP contribution in [0.5, 0.6) is 0 Å².